The first kappa shape index (κ1) is 18.0. The number of nitrogens with zero attached hydrogens (tertiary/aromatic N) is 1. The Balaban J connectivity index is 1.38. The molecule has 0 bridgehead atoms. The Labute approximate surface area is 156 Å². The van der Waals surface area contributed by atoms with E-state index < -0.39 is 10.0 Å². The monoisotopic (exact) mass is 376 g/mol. The Morgan fingerprint density at radius 1 is 1.08 bits per heavy atom. The molecule has 0 unspecified atom stereocenters. The first-order valence-corrected chi connectivity index (χ1v) is 11.3. The van der Waals surface area contributed by atoms with Gasteiger partial charge in [-0.05, 0) is 50.2 Å². The molecule has 4 rings (SSSR count). The number of aryl methyl sites for hydroxylation is 1. The fourth-order valence-electron chi connectivity index (χ4n) is 4.75. The predicted molar refractivity (Wildman–Crippen MR) is 100 cm³/mol. The quantitative estimate of drug-likeness (QED) is 0.879. The molecule has 2 aliphatic carbocycles. The number of sulfonamides is 1. The normalized spacial score (nSPS) is 29.8. The molecule has 1 saturated heterocycles. The fraction of sp³-hybridized carbons (Fsp3) is 0.650. The molecular weight excluding hydrogens is 348 g/mol. The lowest BCUT2D eigenvalue weighted by Crippen LogP contribution is -2.53. The van der Waals surface area contributed by atoms with E-state index in [1.807, 2.05) is 19.1 Å². The van der Waals surface area contributed by atoms with E-state index in [-0.39, 0.29) is 23.8 Å². The number of rotatable bonds is 4. The van der Waals surface area contributed by atoms with E-state index in [0.717, 1.165) is 37.7 Å². The van der Waals surface area contributed by atoms with Crippen LogP contribution in [-0.4, -0.2) is 37.8 Å². The molecule has 26 heavy (non-hydrogen) atoms. The molecule has 0 spiro atoms. The molecule has 1 aromatic carbocycles. The summed E-state index contributed by atoms with van der Waals surface area (Å²) >= 11 is 0. The van der Waals surface area contributed by atoms with Crippen LogP contribution in [0.4, 0.5) is 0 Å². The van der Waals surface area contributed by atoms with Gasteiger partial charge in [-0.2, -0.15) is 4.31 Å². The van der Waals surface area contributed by atoms with Crippen LogP contribution >= 0.6 is 0 Å². The average molecular weight is 377 g/mol. The lowest BCUT2D eigenvalue weighted by atomic mass is 9.71. The first-order valence-electron chi connectivity index (χ1n) is 9.82. The van der Waals surface area contributed by atoms with Gasteiger partial charge in [-0.3, -0.25) is 4.79 Å². The van der Waals surface area contributed by atoms with Gasteiger partial charge in [0.15, 0.2) is 0 Å². The van der Waals surface area contributed by atoms with Crippen molar-refractivity contribution in [3.8, 4) is 0 Å². The number of carbonyl (C=O) groups excluding carboxylic acids is 1. The Morgan fingerprint density at radius 3 is 2.46 bits per heavy atom. The molecule has 1 aliphatic heterocycles. The molecule has 1 aromatic rings. The van der Waals surface area contributed by atoms with Crippen LogP contribution in [0.1, 0.15) is 44.1 Å². The highest BCUT2D eigenvalue weighted by Crippen LogP contribution is 2.43. The molecule has 5 nitrogen and oxygen atoms in total. The third-order valence-corrected chi connectivity index (χ3v) is 8.34. The number of fused-ring (bicyclic) bond motifs is 1. The molecule has 1 heterocycles. The van der Waals surface area contributed by atoms with Gasteiger partial charge in [-0.15, -0.1) is 0 Å². The SMILES string of the molecule is Cc1ccc(S(=O)(=O)N2C[C@H]3C[C@H](NC(=O)C4CCCCC4)[C@H]3C2)cc1. The third kappa shape index (κ3) is 3.29. The van der Waals surface area contributed by atoms with Gasteiger partial charge in [0.25, 0.3) is 0 Å². The van der Waals surface area contributed by atoms with E-state index in [1.54, 1.807) is 16.4 Å². The van der Waals surface area contributed by atoms with Crippen LogP contribution in [0.15, 0.2) is 29.2 Å². The highest BCUT2D eigenvalue weighted by molar-refractivity contribution is 7.89. The summed E-state index contributed by atoms with van der Waals surface area (Å²) in [4.78, 5) is 12.8. The number of benzene rings is 1. The molecule has 3 fully saturated rings. The van der Waals surface area contributed by atoms with E-state index in [9.17, 15) is 13.2 Å². The minimum atomic E-state index is -3.43. The fourth-order valence-corrected chi connectivity index (χ4v) is 6.29. The van der Waals surface area contributed by atoms with Gasteiger partial charge >= 0.3 is 0 Å². The second-order valence-corrected chi connectivity index (χ2v) is 10.2. The van der Waals surface area contributed by atoms with E-state index in [2.05, 4.69) is 5.32 Å². The van der Waals surface area contributed by atoms with Gasteiger partial charge < -0.3 is 5.32 Å². The van der Waals surface area contributed by atoms with E-state index in [1.165, 1.54) is 6.42 Å². The molecule has 0 radical (unpaired) electrons. The third-order valence-electron chi connectivity index (χ3n) is 6.49. The van der Waals surface area contributed by atoms with Crippen molar-refractivity contribution in [2.45, 2.75) is 56.4 Å². The summed E-state index contributed by atoms with van der Waals surface area (Å²) in [7, 11) is -3.43. The van der Waals surface area contributed by atoms with Crippen molar-refractivity contribution in [3.05, 3.63) is 29.8 Å². The van der Waals surface area contributed by atoms with Crippen LogP contribution in [0.5, 0.6) is 0 Å². The van der Waals surface area contributed by atoms with Crippen LogP contribution < -0.4 is 5.32 Å². The Morgan fingerprint density at radius 2 is 1.77 bits per heavy atom. The highest BCUT2D eigenvalue weighted by atomic mass is 32.2. The first-order chi connectivity index (χ1) is 12.4. The zero-order chi connectivity index (χ0) is 18.3. The lowest BCUT2D eigenvalue weighted by Gasteiger charge is -2.40. The van der Waals surface area contributed by atoms with Crippen molar-refractivity contribution in [1.82, 2.24) is 9.62 Å². The Bertz CT molecular complexity index is 769. The van der Waals surface area contributed by atoms with Crippen LogP contribution in [0.3, 0.4) is 0 Å². The predicted octanol–water partition coefficient (Wildman–Crippen LogP) is 2.70. The van der Waals surface area contributed by atoms with E-state index in [0.29, 0.717) is 23.9 Å². The number of amides is 1. The topological polar surface area (TPSA) is 66.5 Å². The molecule has 6 heteroatoms. The number of carbonyl (C=O) groups is 1. The number of nitrogens with one attached hydrogen (secondary N) is 1. The van der Waals surface area contributed by atoms with Gasteiger partial charge in [0.2, 0.25) is 15.9 Å². The van der Waals surface area contributed by atoms with E-state index >= 15 is 0 Å². The smallest absolute Gasteiger partial charge is 0.243 e. The number of hydrogen-bond donors (Lipinski definition) is 1. The molecule has 3 aliphatic rings. The average Bonchev–Trinajstić information content (AvgIpc) is 2.98. The van der Waals surface area contributed by atoms with Crippen molar-refractivity contribution < 1.29 is 13.2 Å². The zero-order valence-electron chi connectivity index (χ0n) is 15.4. The zero-order valence-corrected chi connectivity index (χ0v) is 16.2. The summed E-state index contributed by atoms with van der Waals surface area (Å²) in [6, 6.07) is 7.20. The second kappa shape index (κ2) is 6.97. The van der Waals surface area contributed by atoms with Crippen molar-refractivity contribution in [3.63, 3.8) is 0 Å². The van der Waals surface area contributed by atoms with Gasteiger partial charge in [0.05, 0.1) is 4.90 Å². The molecule has 2 saturated carbocycles. The van der Waals surface area contributed by atoms with Crippen LogP contribution in [0.2, 0.25) is 0 Å². The maximum Gasteiger partial charge on any atom is 0.243 e. The summed E-state index contributed by atoms with van der Waals surface area (Å²) in [5.74, 6) is 0.999. The van der Waals surface area contributed by atoms with Gasteiger partial charge in [0.1, 0.15) is 0 Å². The largest absolute Gasteiger partial charge is 0.353 e. The van der Waals surface area contributed by atoms with Crippen molar-refractivity contribution in [2.75, 3.05) is 13.1 Å². The number of hydrogen-bond acceptors (Lipinski definition) is 3. The highest BCUT2D eigenvalue weighted by Gasteiger charge is 2.50. The van der Waals surface area contributed by atoms with Crippen LogP contribution in [0, 0.1) is 24.7 Å². The summed E-state index contributed by atoms with van der Waals surface area (Å²) in [6.45, 7) is 3.05. The Hall–Kier alpha value is -1.40. The standard InChI is InChI=1S/C20H28N2O3S/c1-14-7-9-17(10-8-14)26(24,25)22-12-16-11-19(18(16)13-22)21-20(23)15-5-3-2-4-6-15/h7-10,15-16,18-19H,2-6,11-13H2,1H3,(H,21,23)/t16-,18+,19+/m1/s1. The van der Waals surface area contributed by atoms with Crippen LogP contribution in [0.25, 0.3) is 0 Å². The molecule has 0 aromatic heterocycles. The molecule has 3 atom stereocenters. The summed E-state index contributed by atoms with van der Waals surface area (Å²) < 4.78 is 27.4. The second-order valence-electron chi connectivity index (χ2n) is 8.24. The van der Waals surface area contributed by atoms with Crippen molar-refractivity contribution >= 4 is 15.9 Å². The maximum atomic E-state index is 12.9. The van der Waals surface area contributed by atoms with Crippen LogP contribution in [-0.2, 0) is 14.8 Å². The van der Waals surface area contributed by atoms with Gasteiger partial charge in [-0.1, -0.05) is 37.0 Å². The summed E-state index contributed by atoms with van der Waals surface area (Å²) in [5, 5.41) is 3.22. The summed E-state index contributed by atoms with van der Waals surface area (Å²) in [6.07, 6.45) is 6.45. The molecule has 1 amide bonds. The van der Waals surface area contributed by atoms with Gasteiger partial charge in [-0.25, -0.2) is 8.42 Å². The van der Waals surface area contributed by atoms with Gasteiger partial charge in [0, 0.05) is 25.0 Å². The minimum Gasteiger partial charge on any atom is -0.353 e. The summed E-state index contributed by atoms with van der Waals surface area (Å²) in [5.41, 5.74) is 1.05. The van der Waals surface area contributed by atoms with Crippen molar-refractivity contribution in [2.24, 2.45) is 17.8 Å². The Kier molecular flexibility index (Phi) is 4.82. The van der Waals surface area contributed by atoms with Crippen molar-refractivity contribution in [1.29, 1.82) is 0 Å². The van der Waals surface area contributed by atoms with E-state index in [4.69, 9.17) is 0 Å². The molecular formula is C20H28N2O3S. The lowest BCUT2D eigenvalue weighted by molar-refractivity contribution is -0.128. The molecule has 142 valence electrons. The maximum absolute atomic E-state index is 12.9. The molecule has 1 N–H and O–H groups in total. The minimum absolute atomic E-state index is 0.146.